The van der Waals surface area contributed by atoms with Crippen LogP contribution in [0.3, 0.4) is 0 Å². The summed E-state index contributed by atoms with van der Waals surface area (Å²) in [6.45, 7) is 2.41. The van der Waals surface area contributed by atoms with Crippen molar-refractivity contribution in [1.29, 1.82) is 0 Å². The van der Waals surface area contributed by atoms with Crippen LogP contribution in [0.5, 0.6) is 0 Å². The summed E-state index contributed by atoms with van der Waals surface area (Å²) < 4.78 is 1.51. The van der Waals surface area contributed by atoms with Gasteiger partial charge in [0.05, 0.1) is 17.8 Å². The molecule has 3 saturated heterocycles. The van der Waals surface area contributed by atoms with Crippen molar-refractivity contribution in [3.63, 3.8) is 0 Å². The molecule has 4 fully saturated rings. The summed E-state index contributed by atoms with van der Waals surface area (Å²) in [4.78, 5) is 15.4. The lowest BCUT2D eigenvalue weighted by atomic mass is 9.77. The van der Waals surface area contributed by atoms with Gasteiger partial charge in [0.2, 0.25) is 0 Å². The second kappa shape index (κ2) is 4.29. The van der Waals surface area contributed by atoms with Gasteiger partial charge in [0, 0.05) is 11.7 Å². The Morgan fingerprint density at radius 3 is 2.86 bits per heavy atom. The highest BCUT2D eigenvalue weighted by atomic mass is 16.1. The standard InChI is InChI=1S/C16H19N5O/c22-15(12-10-18-21-13(12)2-1-7-17-21)19-14-11-3-8-20(9-4-11)16(14)5-6-16/h1-2,7,10-11,14H,3-6,8-9H2,(H,19,22). The SMILES string of the molecule is O=C(NC1C2CCN(CC2)C12CC2)c1cnn2ncccc12. The van der Waals surface area contributed by atoms with E-state index in [9.17, 15) is 4.79 Å². The molecule has 1 amide bonds. The quantitative estimate of drug-likeness (QED) is 0.901. The van der Waals surface area contributed by atoms with Gasteiger partial charge in [-0.2, -0.15) is 14.8 Å². The zero-order valence-corrected chi connectivity index (χ0v) is 12.4. The Bertz CT molecular complexity index is 742. The fourth-order valence-electron chi connectivity index (χ4n) is 4.55. The molecule has 6 rings (SSSR count). The van der Waals surface area contributed by atoms with Crippen LogP contribution in [0, 0.1) is 5.92 Å². The van der Waals surface area contributed by atoms with E-state index in [-0.39, 0.29) is 11.4 Å². The lowest BCUT2D eigenvalue weighted by Crippen LogP contribution is -2.65. The predicted octanol–water partition coefficient (Wildman–Crippen LogP) is 1.09. The van der Waals surface area contributed by atoms with Crippen LogP contribution in [0.2, 0.25) is 0 Å². The van der Waals surface area contributed by atoms with E-state index in [1.54, 1.807) is 12.4 Å². The summed E-state index contributed by atoms with van der Waals surface area (Å²) in [5, 5.41) is 11.6. The number of hydrogen-bond donors (Lipinski definition) is 1. The van der Waals surface area contributed by atoms with Gasteiger partial charge in [0.15, 0.2) is 0 Å². The Kier molecular flexibility index (Phi) is 2.45. The molecule has 22 heavy (non-hydrogen) atoms. The molecule has 2 bridgehead atoms. The average Bonchev–Trinajstić information content (AvgIpc) is 3.21. The van der Waals surface area contributed by atoms with Gasteiger partial charge in [0.25, 0.3) is 5.91 Å². The molecule has 1 N–H and O–H groups in total. The lowest BCUT2D eigenvalue weighted by molar-refractivity contribution is -0.00142. The molecule has 6 nitrogen and oxygen atoms in total. The molecule has 1 atom stereocenters. The van der Waals surface area contributed by atoms with Gasteiger partial charge in [-0.25, -0.2) is 0 Å². The molecule has 1 aliphatic carbocycles. The number of fused-ring (bicyclic) bond motifs is 3. The topological polar surface area (TPSA) is 62.5 Å². The summed E-state index contributed by atoms with van der Waals surface area (Å²) >= 11 is 0. The molecule has 1 unspecified atom stereocenters. The molecule has 4 aliphatic rings. The fraction of sp³-hybridized carbons (Fsp3) is 0.562. The van der Waals surface area contributed by atoms with Crippen LogP contribution in [0.4, 0.5) is 0 Å². The first-order chi connectivity index (χ1) is 10.8. The minimum atomic E-state index is -0.00646. The van der Waals surface area contributed by atoms with Crippen LogP contribution in [0.25, 0.3) is 5.52 Å². The molecule has 0 aromatic carbocycles. The Morgan fingerprint density at radius 1 is 1.27 bits per heavy atom. The van der Waals surface area contributed by atoms with E-state index in [1.165, 1.54) is 43.4 Å². The zero-order chi connectivity index (χ0) is 14.7. The van der Waals surface area contributed by atoms with Gasteiger partial charge in [-0.1, -0.05) is 0 Å². The third-order valence-electron chi connectivity index (χ3n) is 5.82. The minimum Gasteiger partial charge on any atom is -0.347 e. The van der Waals surface area contributed by atoms with E-state index in [0.29, 0.717) is 17.5 Å². The van der Waals surface area contributed by atoms with Crippen molar-refractivity contribution < 1.29 is 4.79 Å². The maximum Gasteiger partial charge on any atom is 0.255 e. The second-order valence-corrected chi connectivity index (χ2v) is 6.84. The van der Waals surface area contributed by atoms with Gasteiger partial charge < -0.3 is 5.32 Å². The molecule has 114 valence electrons. The van der Waals surface area contributed by atoms with Crippen molar-refractivity contribution >= 4 is 11.4 Å². The highest BCUT2D eigenvalue weighted by Crippen LogP contribution is 2.53. The number of hydrogen-bond acceptors (Lipinski definition) is 4. The number of aromatic nitrogens is 3. The minimum absolute atomic E-state index is 0.00646. The summed E-state index contributed by atoms with van der Waals surface area (Å²) in [6.07, 6.45) is 8.18. The Balaban J connectivity index is 1.45. The first kappa shape index (κ1) is 12.6. The largest absolute Gasteiger partial charge is 0.347 e. The van der Waals surface area contributed by atoms with Gasteiger partial charge in [0.1, 0.15) is 5.52 Å². The molecule has 1 spiro atoms. The smallest absolute Gasteiger partial charge is 0.255 e. The van der Waals surface area contributed by atoms with Crippen LogP contribution in [0.1, 0.15) is 36.0 Å². The monoisotopic (exact) mass is 297 g/mol. The van der Waals surface area contributed by atoms with Crippen molar-refractivity contribution in [3.05, 3.63) is 30.1 Å². The number of piperidine rings is 3. The van der Waals surface area contributed by atoms with Crippen molar-refractivity contribution in [2.75, 3.05) is 13.1 Å². The van der Waals surface area contributed by atoms with Crippen molar-refractivity contribution in [3.8, 4) is 0 Å². The number of carbonyl (C=O) groups excluding carboxylic acids is 1. The molecular weight excluding hydrogens is 278 g/mol. The molecule has 3 aliphatic heterocycles. The van der Waals surface area contributed by atoms with Gasteiger partial charge in [-0.3, -0.25) is 9.69 Å². The molecule has 1 saturated carbocycles. The normalized spacial score (nSPS) is 31.5. The zero-order valence-electron chi connectivity index (χ0n) is 12.4. The Hall–Kier alpha value is -1.95. The third kappa shape index (κ3) is 1.61. The molecular formula is C16H19N5O. The van der Waals surface area contributed by atoms with E-state index in [2.05, 4.69) is 20.4 Å². The van der Waals surface area contributed by atoms with E-state index in [1.807, 2.05) is 12.1 Å². The van der Waals surface area contributed by atoms with Crippen molar-refractivity contribution in [2.24, 2.45) is 5.92 Å². The van der Waals surface area contributed by atoms with Crippen molar-refractivity contribution in [1.82, 2.24) is 25.0 Å². The highest BCUT2D eigenvalue weighted by molar-refractivity contribution is 6.00. The Labute approximate surface area is 128 Å². The number of rotatable bonds is 2. The average molecular weight is 297 g/mol. The third-order valence-corrected chi connectivity index (χ3v) is 5.82. The van der Waals surface area contributed by atoms with Crippen LogP contribution < -0.4 is 5.32 Å². The van der Waals surface area contributed by atoms with Crippen LogP contribution in [-0.2, 0) is 0 Å². The maximum atomic E-state index is 12.8. The van der Waals surface area contributed by atoms with Crippen LogP contribution >= 0.6 is 0 Å². The van der Waals surface area contributed by atoms with Gasteiger partial charge >= 0.3 is 0 Å². The number of nitrogens with one attached hydrogen (secondary N) is 1. The van der Waals surface area contributed by atoms with E-state index in [0.717, 1.165) is 5.52 Å². The molecule has 2 aromatic rings. The number of amides is 1. The second-order valence-electron chi connectivity index (χ2n) is 6.84. The van der Waals surface area contributed by atoms with Gasteiger partial charge in [-0.15, -0.1) is 0 Å². The Morgan fingerprint density at radius 2 is 2.09 bits per heavy atom. The fourth-order valence-corrected chi connectivity index (χ4v) is 4.55. The molecule has 0 radical (unpaired) electrons. The number of nitrogens with zero attached hydrogens (tertiary/aromatic N) is 4. The summed E-state index contributed by atoms with van der Waals surface area (Å²) in [7, 11) is 0. The first-order valence-electron chi connectivity index (χ1n) is 8.13. The van der Waals surface area contributed by atoms with Crippen LogP contribution in [0.15, 0.2) is 24.5 Å². The lowest BCUT2D eigenvalue weighted by Gasteiger charge is -2.52. The van der Waals surface area contributed by atoms with E-state index < -0.39 is 0 Å². The summed E-state index contributed by atoms with van der Waals surface area (Å²) in [5.74, 6) is 0.629. The first-order valence-corrected chi connectivity index (χ1v) is 8.13. The molecule has 6 heteroatoms. The van der Waals surface area contributed by atoms with Gasteiger partial charge in [-0.05, 0) is 56.8 Å². The maximum absolute atomic E-state index is 12.8. The number of carbonyl (C=O) groups is 1. The highest BCUT2D eigenvalue weighted by Gasteiger charge is 2.60. The van der Waals surface area contributed by atoms with E-state index in [4.69, 9.17) is 0 Å². The van der Waals surface area contributed by atoms with E-state index >= 15 is 0 Å². The summed E-state index contributed by atoms with van der Waals surface area (Å²) in [5.41, 5.74) is 1.66. The predicted molar refractivity (Wildman–Crippen MR) is 80.5 cm³/mol. The van der Waals surface area contributed by atoms with Crippen molar-refractivity contribution in [2.45, 2.75) is 37.3 Å². The molecule has 2 aromatic heterocycles. The van der Waals surface area contributed by atoms with Crippen LogP contribution in [-0.4, -0.2) is 50.3 Å². The molecule has 5 heterocycles. The summed E-state index contributed by atoms with van der Waals surface area (Å²) in [6, 6.07) is 4.03.